The molecule has 1 N–H and O–H groups in total. The molecule has 8 amide bonds. The van der Waals surface area contributed by atoms with Crippen molar-refractivity contribution in [3.63, 3.8) is 0 Å². The number of urea groups is 2. The smallest absolute Gasteiger partial charge is 0.336 e. The zero-order valence-electron chi connectivity index (χ0n) is 22.7. The SMILES string of the molecule is COc1ccccc1N1C(=O)NC(=O)/C(=C/c2ccc3c(c2)CC2(C(=O)N(C)C(=O)N(C)C2=O)[C@H]2CCCN32)C1=O. The van der Waals surface area contributed by atoms with E-state index >= 15 is 0 Å². The summed E-state index contributed by atoms with van der Waals surface area (Å²) in [7, 11) is 4.17. The van der Waals surface area contributed by atoms with E-state index in [9.17, 15) is 28.8 Å². The van der Waals surface area contributed by atoms with E-state index in [4.69, 9.17) is 4.74 Å². The minimum atomic E-state index is -1.47. The topological polar surface area (TPSA) is 137 Å². The number of rotatable bonds is 3. The van der Waals surface area contributed by atoms with E-state index in [0.717, 1.165) is 26.8 Å². The molecule has 1 atom stereocenters. The third-order valence-corrected chi connectivity index (χ3v) is 8.39. The number of carbonyl (C=O) groups excluding carboxylic acids is 6. The van der Waals surface area contributed by atoms with Gasteiger partial charge in [0.05, 0.1) is 18.8 Å². The van der Waals surface area contributed by atoms with Gasteiger partial charge in [0.25, 0.3) is 11.8 Å². The number of fused-ring (bicyclic) bond motifs is 4. The predicted molar refractivity (Wildman–Crippen MR) is 146 cm³/mol. The highest BCUT2D eigenvalue weighted by atomic mass is 16.5. The number of anilines is 2. The summed E-state index contributed by atoms with van der Waals surface area (Å²) < 4.78 is 5.30. The fourth-order valence-corrected chi connectivity index (χ4v) is 6.49. The van der Waals surface area contributed by atoms with Crippen LogP contribution in [0.5, 0.6) is 5.75 Å². The van der Waals surface area contributed by atoms with Crippen LogP contribution in [0.2, 0.25) is 0 Å². The van der Waals surface area contributed by atoms with Crippen molar-refractivity contribution in [2.75, 3.05) is 37.5 Å². The third kappa shape index (κ3) is 3.66. The van der Waals surface area contributed by atoms with Crippen molar-refractivity contribution in [2.24, 2.45) is 5.41 Å². The van der Waals surface area contributed by atoms with Crippen LogP contribution in [0.15, 0.2) is 48.0 Å². The summed E-state index contributed by atoms with van der Waals surface area (Å²) in [6.07, 6.45) is 2.84. The fourth-order valence-electron chi connectivity index (χ4n) is 6.49. The van der Waals surface area contributed by atoms with Crippen LogP contribution in [0.25, 0.3) is 6.08 Å². The molecule has 0 aliphatic carbocycles. The van der Waals surface area contributed by atoms with E-state index in [1.54, 1.807) is 30.3 Å². The molecular formula is C29H27N5O7. The van der Waals surface area contributed by atoms with E-state index in [-0.39, 0.29) is 23.4 Å². The van der Waals surface area contributed by atoms with Crippen molar-refractivity contribution in [3.05, 3.63) is 59.2 Å². The summed E-state index contributed by atoms with van der Waals surface area (Å²) >= 11 is 0. The highest BCUT2D eigenvalue weighted by molar-refractivity contribution is 6.39. The van der Waals surface area contributed by atoms with E-state index < -0.39 is 47.1 Å². The molecule has 41 heavy (non-hydrogen) atoms. The lowest BCUT2D eigenvalue weighted by Crippen LogP contribution is -2.70. The van der Waals surface area contributed by atoms with Crippen molar-refractivity contribution in [3.8, 4) is 5.75 Å². The van der Waals surface area contributed by atoms with Gasteiger partial charge < -0.3 is 9.64 Å². The van der Waals surface area contributed by atoms with Gasteiger partial charge in [-0.2, -0.15) is 0 Å². The number of barbiturate groups is 2. The number of hydrogen-bond donors (Lipinski definition) is 1. The van der Waals surface area contributed by atoms with Gasteiger partial charge in [-0.25, -0.2) is 14.5 Å². The Kier molecular flexibility index (Phi) is 5.94. The number of nitrogens with one attached hydrogen (secondary N) is 1. The lowest BCUT2D eigenvalue weighted by Gasteiger charge is -2.50. The summed E-state index contributed by atoms with van der Waals surface area (Å²) in [6, 6.07) is 9.81. The van der Waals surface area contributed by atoms with Gasteiger partial charge >= 0.3 is 12.1 Å². The first-order chi connectivity index (χ1) is 19.6. The number of methoxy groups -OCH3 is 1. The minimum Gasteiger partial charge on any atom is -0.495 e. The summed E-state index contributed by atoms with van der Waals surface area (Å²) in [5.41, 5.74) is 0.441. The Hall–Kier alpha value is -5.00. The minimum absolute atomic E-state index is 0.0616. The van der Waals surface area contributed by atoms with E-state index in [1.165, 1.54) is 33.3 Å². The van der Waals surface area contributed by atoms with Crippen molar-refractivity contribution in [1.82, 2.24) is 15.1 Å². The maximum Gasteiger partial charge on any atom is 0.336 e. The van der Waals surface area contributed by atoms with Gasteiger partial charge in [-0.1, -0.05) is 18.2 Å². The number of ether oxygens (including phenoxy) is 1. The van der Waals surface area contributed by atoms with Crippen molar-refractivity contribution < 1.29 is 33.5 Å². The lowest BCUT2D eigenvalue weighted by molar-refractivity contribution is -0.159. The largest absolute Gasteiger partial charge is 0.495 e. The monoisotopic (exact) mass is 557 g/mol. The molecule has 0 aromatic heterocycles. The van der Waals surface area contributed by atoms with Crippen LogP contribution in [0, 0.1) is 5.41 Å². The molecule has 0 radical (unpaired) electrons. The number of amides is 8. The Labute approximate surface area is 235 Å². The standard InChI is InChI=1S/C29H27N5O7/c1-31-25(37)29(26(38)32(2)28(31)40)15-17-13-16(10-11-19(17)33-12-6-9-22(29)33)14-18-23(35)30-27(39)34(24(18)36)20-7-4-5-8-21(20)41-3/h4-5,7-8,10-11,13-14,22H,6,9,12,15H2,1-3H3,(H,30,35,39)/b18-14-/t22-/m1/s1. The van der Waals surface area contributed by atoms with Crippen LogP contribution in [-0.2, 0) is 25.6 Å². The van der Waals surface area contributed by atoms with Crippen molar-refractivity contribution >= 4 is 53.1 Å². The van der Waals surface area contributed by atoms with Crippen LogP contribution in [0.4, 0.5) is 21.0 Å². The molecule has 0 saturated carbocycles. The Balaban J connectivity index is 1.41. The van der Waals surface area contributed by atoms with Gasteiger partial charge in [-0.15, -0.1) is 0 Å². The number of carbonyl (C=O) groups is 6. The van der Waals surface area contributed by atoms with Gasteiger partial charge in [0.15, 0.2) is 5.41 Å². The Morgan fingerprint density at radius 3 is 2.37 bits per heavy atom. The highest BCUT2D eigenvalue weighted by Gasteiger charge is 2.63. The van der Waals surface area contributed by atoms with Crippen LogP contribution in [0.3, 0.4) is 0 Å². The van der Waals surface area contributed by atoms with Gasteiger partial charge in [-0.3, -0.25) is 34.3 Å². The van der Waals surface area contributed by atoms with Crippen molar-refractivity contribution in [1.29, 1.82) is 0 Å². The molecule has 3 saturated heterocycles. The normalized spacial score (nSPS) is 22.9. The van der Waals surface area contributed by atoms with Crippen LogP contribution < -0.4 is 19.9 Å². The second-order valence-corrected chi connectivity index (χ2v) is 10.5. The number of nitrogens with zero attached hydrogens (tertiary/aromatic N) is 4. The van der Waals surface area contributed by atoms with Crippen molar-refractivity contribution in [2.45, 2.75) is 25.3 Å². The highest BCUT2D eigenvalue weighted by Crippen LogP contribution is 2.49. The molecule has 210 valence electrons. The first kappa shape index (κ1) is 26.2. The molecule has 3 fully saturated rings. The number of imide groups is 4. The second-order valence-electron chi connectivity index (χ2n) is 10.5. The first-order valence-corrected chi connectivity index (χ1v) is 13.1. The molecule has 0 unspecified atom stereocenters. The molecule has 2 aromatic carbocycles. The lowest BCUT2D eigenvalue weighted by atomic mass is 9.68. The maximum atomic E-state index is 13.6. The Morgan fingerprint density at radius 1 is 0.951 bits per heavy atom. The summed E-state index contributed by atoms with van der Waals surface area (Å²) in [6.45, 7) is 0.638. The molecule has 4 aliphatic rings. The Bertz CT molecular complexity index is 1570. The summed E-state index contributed by atoms with van der Waals surface area (Å²) in [4.78, 5) is 83.6. The molecule has 4 heterocycles. The number of benzene rings is 2. The summed E-state index contributed by atoms with van der Waals surface area (Å²) in [5.74, 6) is -2.47. The van der Waals surface area contributed by atoms with E-state index in [0.29, 0.717) is 24.1 Å². The van der Waals surface area contributed by atoms with Crippen LogP contribution in [0.1, 0.15) is 24.0 Å². The number of para-hydroxylation sites is 2. The quantitative estimate of drug-likeness (QED) is 0.344. The van der Waals surface area contributed by atoms with Gasteiger partial charge in [0.2, 0.25) is 11.8 Å². The molecule has 12 nitrogen and oxygen atoms in total. The third-order valence-electron chi connectivity index (χ3n) is 8.39. The van der Waals surface area contributed by atoms with Gasteiger partial charge in [-0.05, 0) is 60.7 Å². The van der Waals surface area contributed by atoms with Gasteiger partial charge in [0, 0.05) is 26.3 Å². The van der Waals surface area contributed by atoms with E-state index in [1.807, 2.05) is 11.0 Å². The molecular weight excluding hydrogens is 530 g/mol. The van der Waals surface area contributed by atoms with Gasteiger partial charge in [0.1, 0.15) is 11.3 Å². The zero-order valence-corrected chi connectivity index (χ0v) is 22.7. The molecule has 1 spiro atoms. The van der Waals surface area contributed by atoms with Crippen LogP contribution in [-0.4, -0.2) is 79.3 Å². The summed E-state index contributed by atoms with van der Waals surface area (Å²) in [5, 5.41) is 2.21. The fraction of sp³-hybridized carbons (Fsp3) is 0.310. The predicted octanol–water partition coefficient (Wildman–Crippen LogP) is 1.92. The molecule has 2 aromatic rings. The second kappa shape index (κ2) is 9.29. The average Bonchev–Trinajstić information content (AvgIpc) is 3.47. The Morgan fingerprint density at radius 2 is 1.66 bits per heavy atom. The molecule has 12 heteroatoms. The number of hydrogen-bond acceptors (Lipinski definition) is 8. The molecule has 4 aliphatic heterocycles. The van der Waals surface area contributed by atoms with E-state index in [2.05, 4.69) is 5.32 Å². The average molecular weight is 558 g/mol. The first-order valence-electron chi connectivity index (χ1n) is 13.1. The molecule has 0 bridgehead atoms. The maximum absolute atomic E-state index is 13.6. The van der Waals surface area contributed by atoms with Crippen LogP contribution >= 0.6 is 0 Å². The molecule has 6 rings (SSSR count). The zero-order chi connectivity index (χ0) is 29.2.